The molecule has 0 unspecified atom stereocenters. The Kier molecular flexibility index (Phi) is 3.90. The van der Waals surface area contributed by atoms with E-state index in [1.54, 1.807) is 14.2 Å². The highest BCUT2D eigenvalue weighted by atomic mass is 16.5. The average Bonchev–Trinajstić information content (AvgIpc) is 2.40. The molecule has 18 heavy (non-hydrogen) atoms. The number of hydrogen-bond donors (Lipinski definition) is 0. The number of ketones is 1. The van der Waals surface area contributed by atoms with E-state index in [1.807, 2.05) is 12.1 Å². The van der Waals surface area contributed by atoms with Gasteiger partial charge < -0.3 is 9.47 Å². The van der Waals surface area contributed by atoms with E-state index in [4.69, 9.17) is 9.47 Å². The SMILES string of the molecule is CCC[C@@H]1C(=O)CCc2c(OC)ccc(OC)c21. The maximum absolute atomic E-state index is 12.1. The molecule has 2 rings (SSSR count). The monoisotopic (exact) mass is 248 g/mol. The number of carbonyl (C=O) groups excluding carboxylic acids is 1. The highest BCUT2D eigenvalue weighted by molar-refractivity contribution is 5.89. The van der Waals surface area contributed by atoms with Crippen molar-refractivity contribution < 1.29 is 14.3 Å². The normalized spacial score (nSPS) is 18.4. The Balaban J connectivity index is 2.56. The van der Waals surface area contributed by atoms with Crippen LogP contribution in [0, 0.1) is 0 Å². The van der Waals surface area contributed by atoms with Gasteiger partial charge in [-0.05, 0) is 25.0 Å². The Morgan fingerprint density at radius 2 is 1.83 bits per heavy atom. The number of hydrogen-bond acceptors (Lipinski definition) is 3. The molecule has 1 atom stereocenters. The van der Waals surface area contributed by atoms with Crippen molar-refractivity contribution in [3.05, 3.63) is 23.3 Å². The number of methoxy groups -OCH3 is 2. The Bertz CT molecular complexity index is 451. The van der Waals surface area contributed by atoms with Gasteiger partial charge in [-0.25, -0.2) is 0 Å². The molecule has 0 N–H and O–H groups in total. The van der Waals surface area contributed by atoms with Crippen LogP contribution in [-0.2, 0) is 11.2 Å². The van der Waals surface area contributed by atoms with E-state index in [0.717, 1.165) is 41.9 Å². The topological polar surface area (TPSA) is 35.5 Å². The molecule has 0 aromatic heterocycles. The Morgan fingerprint density at radius 3 is 2.44 bits per heavy atom. The first kappa shape index (κ1) is 12.9. The van der Waals surface area contributed by atoms with Crippen LogP contribution in [0.3, 0.4) is 0 Å². The van der Waals surface area contributed by atoms with Gasteiger partial charge >= 0.3 is 0 Å². The maximum atomic E-state index is 12.1. The third-order valence-corrected chi connectivity index (χ3v) is 3.65. The van der Waals surface area contributed by atoms with Crippen LogP contribution in [0.2, 0.25) is 0 Å². The predicted octanol–water partition coefficient (Wildman–Crippen LogP) is 3.10. The summed E-state index contributed by atoms with van der Waals surface area (Å²) in [5.41, 5.74) is 2.20. The van der Waals surface area contributed by atoms with Crippen LogP contribution < -0.4 is 9.47 Å². The lowest BCUT2D eigenvalue weighted by Crippen LogP contribution is -2.21. The van der Waals surface area contributed by atoms with Gasteiger partial charge in [-0.3, -0.25) is 4.79 Å². The number of rotatable bonds is 4. The van der Waals surface area contributed by atoms with E-state index in [0.29, 0.717) is 12.2 Å². The fourth-order valence-electron chi connectivity index (χ4n) is 2.81. The smallest absolute Gasteiger partial charge is 0.140 e. The van der Waals surface area contributed by atoms with Crippen LogP contribution in [0.25, 0.3) is 0 Å². The highest BCUT2D eigenvalue weighted by Crippen LogP contribution is 2.42. The van der Waals surface area contributed by atoms with Gasteiger partial charge in [0.25, 0.3) is 0 Å². The lowest BCUT2D eigenvalue weighted by atomic mass is 9.78. The molecular formula is C15H20O3. The maximum Gasteiger partial charge on any atom is 0.140 e. The van der Waals surface area contributed by atoms with E-state index < -0.39 is 0 Å². The summed E-state index contributed by atoms with van der Waals surface area (Å²) >= 11 is 0. The molecule has 1 aliphatic carbocycles. The molecule has 0 saturated heterocycles. The summed E-state index contributed by atoms with van der Waals surface area (Å²) in [7, 11) is 3.33. The second kappa shape index (κ2) is 5.42. The first-order valence-electron chi connectivity index (χ1n) is 6.49. The molecule has 0 saturated carbocycles. The molecule has 0 fully saturated rings. The fraction of sp³-hybridized carbons (Fsp3) is 0.533. The van der Waals surface area contributed by atoms with Crippen molar-refractivity contribution in [3.63, 3.8) is 0 Å². The van der Waals surface area contributed by atoms with Crippen LogP contribution in [0.4, 0.5) is 0 Å². The average molecular weight is 248 g/mol. The molecule has 1 aliphatic rings. The third kappa shape index (κ3) is 2.09. The zero-order valence-electron chi connectivity index (χ0n) is 11.3. The molecule has 98 valence electrons. The van der Waals surface area contributed by atoms with Crippen molar-refractivity contribution >= 4 is 5.78 Å². The fourth-order valence-corrected chi connectivity index (χ4v) is 2.81. The summed E-state index contributed by atoms with van der Waals surface area (Å²) in [5.74, 6) is 2.00. The summed E-state index contributed by atoms with van der Waals surface area (Å²) in [6.07, 6.45) is 3.25. The van der Waals surface area contributed by atoms with E-state index in [1.165, 1.54) is 0 Å². The van der Waals surface area contributed by atoms with Gasteiger partial charge in [-0.15, -0.1) is 0 Å². The predicted molar refractivity (Wildman–Crippen MR) is 70.5 cm³/mol. The van der Waals surface area contributed by atoms with Crippen LogP contribution >= 0.6 is 0 Å². The Morgan fingerprint density at radius 1 is 1.17 bits per heavy atom. The summed E-state index contributed by atoms with van der Waals surface area (Å²) in [4.78, 5) is 12.1. The van der Waals surface area contributed by atoms with Crippen molar-refractivity contribution in [2.24, 2.45) is 0 Å². The van der Waals surface area contributed by atoms with Gasteiger partial charge in [0, 0.05) is 23.5 Å². The quantitative estimate of drug-likeness (QED) is 0.821. The Hall–Kier alpha value is -1.51. The molecule has 1 aromatic carbocycles. The van der Waals surface area contributed by atoms with Crippen molar-refractivity contribution in [1.29, 1.82) is 0 Å². The van der Waals surface area contributed by atoms with Gasteiger partial charge in [-0.2, -0.15) is 0 Å². The molecule has 1 aromatic rings. The summed E-state index contributed by atoms with van der Waals surface area (Å²) in [5, 5.41) is 0. The summed E-state index contributed by atoms with van der Waals surface area (Å²) in [6, 6.07) is 3.83. The van der Waals surface area contributed by atoms with Crippen LogP contribution in [0.5, 0.6) is 11.5 Å². The lowest BCUT2D eigenvalue weighted by molar-refractivity contribution is -0.121. The molecule has 0 aliphatic heterocycles. The largest absolute Gasteiger partial charge is 0.496 e. The zero-order chi connectivity index (χ0) is 13.1. The lowest BCUT2D eigenvalue weighted by Gasteiger charge is -2.27. The molecule has 0 radical (unpaired) electrons. The van der Waals surface area contributed by atoms with Crippen molar-refractivity contribution in [1.82, 2.24) is 0 Å². The second-order valence-corrected chi connectivity index (χ2v) is 4.67. The number of fused-ring (bicyclic) bond motifs is 1. The van der Waals surface area contributed by atoms with E-state index in [-0.39, 0.29) is 5.92 Å². The van der Waals surface area contributed by atoms with E-state index in [9.17, 15) is 4.79 Å². The van der Waals surface area contributed by atoms with Gasteiger partial charge in [0.1, 0.15) is 17.3 Å². The standard InChI is InChI=1S/C15H20O3/c1-4-5-10-12(16)7-6-11-13(17-2)8-9-14(18-3)15(10)11/h8-10H,4-7H2,1-3H3/t10-/m1/s1. The van der Waals surface area contributed by atoms with Crippen LogP contribution in [0.15, 0.2) is 12.1 Å². The molecule has 0 spiro atoms. The van der Waals surface area contributed by atoms with Gasteiger partial charge in [-0.1, -0.05) is 13.3 Å². The molecule has 0 amide bonds. The second-order valence-electron chi connectivity index (χ2n) is 4.67. The molecule has 0 heterocycles. The molecular weight excluding hydrogens is 228 g/mol. The number of carbonyl (C=O) groups is 1. The molecule has 3 nitrogen and oxygen atoms in total. The summed E-state index contributed by atoms with van der Waals surface area (Å²) < 4.78 is 10.8. The minimum Gasteiger partial charge on any atom is -0.496 e. The zero-order valence-corrected chi connectivity index (χ0v) is 11.3. The Labute approximate surface area is 108 Å². The molecule has 3 heteroatoms. The van der Waals surface area contributed by atoms with Gasteiger partial charge in [0.2, 0.25) is 0 Å². The number of benzene rings is 1. The third-order valence-electron chi connectivity index (χ3n) is 3.65. The minimum absolute atomic E-state index is 0.0243. The highest BCUT2D eigenvalue weighted by Gasteiger charge is 2.31. The van der Waals surface area contributed by atoms with Crippen LogP contribution in [0.1, 0.15) is 43.2 Å². The minimum atomic E-state index is -0.0243. The van der Waals surface area contributed by atoms with Gasteiger partial charge in [0.15, 0.2) is 0 Å². The van der Waals surface area contributed by atoms with Crippen LogP contribution in [-0.4, -0.2) is 20.0 Å². The number of ether oxygens (including phenoxy) is 2. The van der Waals surface area contributed by atoms with E-state index in [2.05, 4.69) is 6.92 Å². The van der Waals surface area contributed by atoms with Crippen molar-refractivity contribution in [3.8, 4) is 11.5 Å². The summed E-state index contributed by atoms with van der Waals surface area (Å²) in [6.45, 7) is 2.11. The van der Waals surface area contributed by atoms with Crippen molar-refractivity contribution in [2.75, 3.05) is 14.2 Å². The van der Waals surface area contributed by atoms with Gasteiger partial charge in [0.05, 0.1) is 14.2 Å². The first-order valence-corrected chi connectivity index (χ1v) is 6.49. The van der Waals surface area contributed by atoms with E-state index >= 15 is 0 Å². The van der Waals surface area contributed by atoms with Crippen molar-refractivity contribution in [2.45, 2.75) is 38.5 Å². The first-order chi connectivity index (χ1) is 8.72. The number of Topliss-reactive ketones (excluding diaryl/α,β-unsaturated/α-hetero) is 1. The molecule has 0 bridgehead atoms.